The first kappa shape index (κ1) is 15.1. The molecule has 0 bridgehead atoms. The molecule has 1 aromatic carbocycles. The number of carboxylic acid groups (broad SMARTS) is 1. The average molecular weight is 306 g/mol. The Balaban J connectivity index is 1.82. The number of anilines is 1. The Kier molecular flexibility index (Phi) is 5.02. The lowest BCUT2D eigenvalue weighted by molar-refractivity contribution is -0.121. The predicted octanol–water partition coefficient (Wildman–Crippen LogP) is 2.31. The third-order valence-electron chi connectivity index (χ3n) is 2.58. The number of nitrogens with zero attached hydrogens (tertiary/aromatic N) is 1. The van der Waals surface area contributed by atoms with Crippen LogP contribution in [0.3, 0.4) is 0 Å². The molecule has 2 rings (SSSR count). The van der Waals surface area contributed by atoms with Crippen molar-refractivity contribution in [2.75, 3.05) is 11.9 Å². The van der Waals surface area contributed by atoms with Crippen molar-refractivity contribution in [1.29, 1.82) is 0 Å². The molecule has 0 saturated heterocycles. The maximum atomic E-state index is 11.7. The van der Waals surface area contributed by atoms with E-state index >= 15 is 0 Å². The lowest BCUT2D eigenvalue weighted by atomic mass is 10.2. The maximum Gasteiger partial charge on any atom is 0.347 e. The zero-order valence-corrected chi connectivity index (χ0v) is 12.1. The molecule has 7 heteroatoms. The second kappa shape index (κ2) is 6.96. The zero-order chi connectivity index (χ0) is 15.2. The number of carboxylic acids is 1. The summed E-state index contributed by atoms with van der Waals surface area (Å²) in [6, 6.07) is 9.50. The van der Waals surface area contributed by atoms with Gasteiger partial charge >= 0.3 is 5.97 Å². The van der Waals surface area contributed by atoms with Crippen molar-refractivity contribution in [3.63, 3.8) is 0 Å². The molecule has 2 aromatic rings. The monoisotopic (exact) mass is 306 g/mol. The van der Waals surface area contributed by atoms with Gasteiger partial charge in [0, 0.05) is 0 Å². The molecule has 0 saturated carbocycles. The van der Waals surface area contributed by atoms with Crippen LogP contribution in [0.4, 0.5) is 5.13 Å². The molecule has 110 valence electrons. The van der Waals surface area contributed by atoms with Crippen molar-refractivity contribution in [2.45, 2.75) is 13.5 Å². The SMILES string of the molecule is Cc1nc(NC(=O)COCc2ccccc2)sc1C(=O)O. The van der Waals surface area contributed by atoms with Gasteiger partial charge < -0.3 is 9.84 Å². The number of hydrogen-bond acceptors (Lipinski definition) is 5. The number of aromatic carboxylic acids is 1. The molecule has 0 radical (unpaired) electrons. The number of aryl methyl sites for hydroxylation is 1. The minimum absolute atomic E-state index is 0.115. The first-order chi connectivity index (χ1) is 10.1. The van der Waals surface area contributed by atoms with Crippen LogP contribution in [0.2, 0.25) is 0 Å². The molecule has 2 N–H and O–H groups in total. The number of rotatable bonds is 6. The van der Waals surface area contributed by atoms with Crippen LogP contribution in [0.15, 0.2) is 30.3 Å². The van der Waals surface area contributed by atoms with Crippen LogP contribution < -0.4 is 5.32 Å². The van der Waals surface area contributed by atoms with Gasteiger partial charge in [0.1, 0.15) is 11.5 Å². The van der Waals surface area contributed by atoms with Gasteiger partial charge in [0.05, 0.1) is 12.3 Å². The molecule has 0 unspecified atom stereocenters. The van der Waals surface area contributed by atoms with Crippen molar-refractivity contribution in [2.24, 2.45) is 0 Å². The van der Waals surface area contributed by atoms with Crippen LogP contribution in [0.25, 0.3) is 0 Å². The summed E-state index contributed by atoms with van der Waals surface area (Å²) >= 11 is 0.928. The second-order valence-corrected chi connectivity index (χ2v) is 5.26. The Morgan fingerprint density at radius 1 is 1.33 bits per heavy atom. The van der Waals surface area contributed by atoms with Gasteiger partial charge in [0.15, 0.2) is 5.13 Å². The molecule has 6 nitrogen and oxygen atoms in total. The minimum Gasteiger partial charge on any atom is -0.477 e. The first-order valence-electron chi connectivity index (χ1n) is 6.18. The highest BCUT2D eigenvalue weighted by atomic mass is 32.1. The Bertz CT molecular complexity index is 640. The van der Waals surface area contributed by atoms with Crippen molar-refractivity contribution in [3.05, 3.63) is 46.5 Å². The van der Waals surface area contributed by atoms with Crippen molar-refractivity contribution in [3.8, 4) is 0 Å². The third kappa shape index (κ3) is 4.37. The van der Waals surface area contributed by atoms with E-state index < -0.39 is 5.97 Å². The fourth-order valence-electron chi connectivity index (χ4n) is 1.64. The van der Waals surface area contributed by atoms with Crippen molar-refractivity contribution >= 4 is 28.3 Å². The number of carbonyl (C=O) groups excluding carboxylic acids is 1. The van der Waals surface area contributed by atoms with Gasteiger partial charge in [0.2, 0.25) is 0 Å². The van der Waals surface area contributed by atoms with Gasteiger partial charge in [-0.2, -0.15) is 0 Å². The molecule has 0 atom stereocenters. The van der Waals surface area contributed by atoms with E-state index in [1.165, 1.54) is 0 Å². The summed E-state index contributed by atoms with van der Waals surface area (Å²) in [4.78, 5) is 26.7. The minimum atomic E-state index is -1.05. The number of thiazole rings is 1. The Morgan fingerprint density at radius 2 is 2.05 bits per heavy atom. The van der Waals surface area contributed by atoms with Gasteiger partial charge in [-0.25, -0.2) is 9.78 Å². The van der Waals surface area contributed by atoms with Crippen LogP contribution in [-0.4, -0.2) is 28.6 Å². The number of benzene rings is 1. The summed E-state index contributed by atoms with van der Waals surface area (Å²) in [5.41, 5.74) is 1.36. The predicted molar refractivity (Wildman–Crippen MR) is 78.5 cm³/mol. The Hall–Kier alpha value is -2.25. The number of amides is 1. The summed E-state index contributed by atoms with van der Waals surface area (Å²) in [5, 5.41) is 11.7. The highest BCUT2D eigenvalue weighted by Gasteiger charge is 2.15. The summed E-state index contributed by atoms with van der Waals surface area (Å²) in [7, 11) is 0. The molecule has 1 amide bonds. The van der Waals surface area contributed by atoms with Crippen LogP contribution >= 0.6 is 11.3 Å². The van der Waals surface area contributed by atoms with Crippen LogP contribution in [0.1, 0.15) is 20.9 Å². The van der Waals surface area contributed by atoms with Crippen molar-refractivity contribution < 1.29 is 19.4 Å². The average Bonchev–Trinajstić information content (AvgIpc) is 2.81. The Morgan fingerprint density at radius 3 is 2.67 bits per heavy atom. The van der Waals surface area contributed by atoms with Gasteiger partial charge in [0.25, 0.3) is 5.91 Å². The lowest BCUT2D eigenvalue weighted by Gasteiger charge is -2.04. The fourth-order valence-corrected chi connectivity index (χ4v) is 2.46. The first-order valence-corrected chi connectivity index (χ1v) is 7.00. The normalized spacial score (nSPS) is 10.3. The molecule has 0 spiro atoms. The highest BCUT2D eigenvalue weighted by molar-refractivity contribution is 7.17. The maximum absolute atomic E-state index is 11.7. The number of carbonyl (C=O) groups is 2. The van der Waals surface area contributed by atoms with Gasteiger partial charge in [-0.1, -0.05) is 41.7 Å². The highest BCUT2D eigenvalue weighted by Crippen LogP contribution is 2.22. The topological polar surface area (TPSA) is 88.5 Å². The van der Waals surface area contributed by atoms with Crippen molar-refractivity contribution in [1.82, 2.24) is 4.98 Å². The van der Waals surface area contributed by atoms with E-state index in [0.29, 0.717) is 12.3 Å². The molecule has 0 aliphatic carbocycles. The van der Waals surface area contributed by atoms with E-state index in [4.69, 9.17) is 9.84 Å². The molecule has 0 aliphatic rings. The summed E-state index contributed by atoms with van der Waals surface area (Å²) in [6.45, 7) is 1.81. The summed E-state index contributed by atoms with van der Waals surface area (Å²) in [6.07, 6.45) is 0. The van der Waals surface area contributed by atoms with Gasteiger partial charge in [-0.3, -0.25) is 10.1 Å². The van der Waals surface area contributed by atoms with E-state index in [9.17, 15) is 9.59 Å². The smallest absolute Gasteiger partial charge is 0.347 e. The standard InChI is InChI=1S/C14H14N2O4S/c1-9-12(13(18)19)21-14(15-9)16-11(17)8-20-7-10-5-3-2-4-6-10/h2-6H,7-8H2,1H3,(H,18,19)(H,15,16,17). The quantitative estimate of drug-likeness (QED) is 0.855. The second-order valence-electron chi connectivity index (χ2n) is 4.27. The van der Waals surface area contributed by atoms with Crippen LogP contribution in [0.5, 0.6) is 0 Å². The Labute approximate surface area is 125 Å². The van der Waals surface area contributed by atoms with E-state index in [1.54, 1.807) is 6.92 Å². The summed E-state index contributed by atoms with van der Waals surface area (Å²) < 4.78 is 5.29. The van der Waals surface area contributed by atoms with Crippen LogP contribution in [-0.2, 0) is 16.1 Å². The number of nitrogens with one attached hydrogen (secondary N) is 1. The molecule has 1 aromatic heterocycles. The van der Waals surface area contributed by atoms with E-state index in [-0.39, 0.29) is 22.5 Å². The zero-order valence-electron chi connectivity index (χ0n) is 11.3. The van der Waals surface area contributed by atoms with Gasteiger partial charge in [-0.05, 0) is 12.5 Å². The van der Waals surface area contributed by atoms with Gasteiger partial charge in [-0.15, -0.1) is 0 Å². The molecular formula is C14H14N2O4S. The number of hydrogen-bond donors (Lipinski definition) is 2. The molecule has 21 heavy (non-hydrogen) atoms. The third-order valence-corrected chi connectivity index (χ3v) is 3.64. The van der Waals surface area contributed by atoms with Crippen LogP contribution in [0, 0.1) is 6.92 Å². The molecule has 1 heterocycles. The summed E-state index contributed by atoms with van der Waals surface area (Å²) in [5.74, 6) is -1.41. The number of ether oxygens (including phenoxy) is 1. The molecule has 0 fully saturated rings. The fraction of sp³-hybridized carbons (Fsp3) is 0.214. The molecular weight excluding hydrogens is 292 g/mol. The number of aromatic nitrogens is 1. The lowest BCUT2D eigenvalue weighted by Crippen LogP contribution is -2.18. The van der Waals surface area contributed by atoms with E-state index in [2.05, 4.69) is 10.3 Å². The van der Waals surface area contributed by atoms with E-state index in [0.717, 1.165) is 16.9 Å². The van der Waals surface area contributed by atoms with E-state index in [1.807, 2.05) is 30.3 Å². The molecule has 0 aliphatic heterocycles. The largest absolute Gasteiger partial charge is 0.477 e.